The fraction of sp³-hybridized carbons (Fsp3) is 0.500. The summed E-state index contributed by atoms with van der Waals surface area (Å²) < 4.78 is 11.0. The van der Waals surface area contributed by atoms with Gasteiger partial charge in [0.25, 0.3) is 0 Å². The number of nitrogens with one attached hydrogen (secondary N) is 1. The monoisotopic (exact) mass is 265 g/mol. The molecule has 0 aliphatic carbocycles. The lowest BCUT2D eigenvalue weighted by atomic mass is 10.1. The van der Waals surface area contributed by atoms with Gasteiger partial charge in [-0.3, -0.25) is 10.1 Å². The van der Waals surface area contributed by atoms with E-state index in [1.807, 2.05) is 32.0 Å². The lowest BCUT2D eigenvalue weighted by Gasteiger charge is -2.22. The third-order valence-electron chi connectivity index (χ3n) is 3.22. The Kier molecular flexibility index (Phi) is 4.27. The second kappa shape index (κ2) is 5.93. The molecule has 1 heterocycles. The van der Waals surface area contributed by atoms with Crippen LogP contribution in [0.15, 0.2) is 18.2 Å². The average Bonchev–Trinajstić information content (AvgIpc) is 2.43. The van der Waals surface area contributed by atoms with E-state index in [4.69, 9.17) is 14.6 Å². The molecule has 0 aromatic heterocycles. The minimum Gasteiger partial charge on any atom is -0.486 e. The Balaban J connectivity index is 2.10. The first kappa shape index (κ1) is 13.7. The third kappa shape index (κ3) is 3.17. The minimum absolute atomic E-state index is 0.0584. The van der Waals surface area contributed by atoms with Crippen LogP contribution in [-0.4, -0.2) is 30.3 Å². The van der Waals surface area contributed by atoms with Gasteiger partial charge in [0.2, 0.25) is 0 Å². The highest BCUT2D eigenvalue weighted by Gasteiger charge is 2.19. The zero-order chi connectivity index (χ0) is 13.8. The molecule has 2 N–H and O–H groups in total. The Bertz CT molecular complexity index is 461. The molecule has 1 aromatic rings. The fourth-order valence-corrected chi connectivity index (χ4v) is 2.09. The summed E-state index contributed by atoms with van der Waals surface area (Å²) in [5.74, 6) is 0.639. The molecule has 0 bridgehead atoms. The number of aliphatic carboxylic acids is 1. The average molecular weight is 265 g/mol. The maximum atomic E-state index is 11.0. The van der Waals surface area contributed by atoms with Crippen LogP contribution in [0.3, 0.4) is 0 Å². The van der Waals surface area contributed by atoms with Crippen LogP contribution >= 0.6 is 0 Å². The molecule has 5 heteroatoms. The molecule has 1 aromatic carbocycles. The van der Waals surface area contributed by atoms with Crippen molar-refractivity contribution in [3.63, 3.8) is 0 Å². The van der Waals surface area contributed by atoms with Crippen molar-refractivity contribution in [1.82, 2.24) is 5.32 Å². The first-order valence-corrected chi connectivity index (χ1v) is 6.50. The van der Waals surface area contributed by atoms with Gasteiger partial charge in [0.05, 0.1) is 0 Å². The number of carboxylic acid groups (broad SMARTS) is 1. The number of hydrogen-bond donors (Lipinski definition) is 2. The van der Waals surface area contributed by atoms with E-state index in [9.17, 15) is 4.79 Å². The Morgan fingerprint density at radius 2 is 2.05 bits per heavy atom. The quantitative estimate of drug-likeness (QED) is 0.852. The van der Waals surface area contributed by atoms with E-state index in [0.29, 0.717) is 19.6 Å². The van der Waals surface area contributed by atoms with Gasteiger partial charge in [-0.25, -0.2) is 0 Å². The van der Waals surface area contributed by atoms with Crippen LogP contribution in [0.2, 0.25) is 0 Å². The minimum atomic E-state index is -0.827. The first-order chi connectivity index (χ1) is 9.11. The normalized spacial score (nSPS) is 16.7. The zero-order valence-electron chi connectivity index (χ0n) is 11.2. The van der Waals surface area contributed by atoms with Crippen molar-refractivity contribution < 1.29 is 19.4 Å². The molecule has 2 unspecified atom stereocenters. The highest BCUT2D eigenvalue weighted by atomic mass is 16.6. The molecule has 104 valence electrons. The van der Waals surface area contributed by atoms with E-state index in [-0.39, 0.29) is 6.04 Å². The fourth-order valence-electron chi connectivity index (χ4n) is 2.09. The number of carbonyl (C=O) groups is 1. The maximum absolute atomic E-state index is 11.0. The highest BCUT2D eigenvalue weighted by Crippen LogP contribution is 2.32. The van der Waals surface area contributed by atoms with E-state index in [1.165, 1.54) is 0 Å². The number of ether oxygens (including phenoxy) is 2. The van der Waals surface area contributed by atoms with Crippen LogP contribution in [0.5, 0.6) is 11.5 Å². The third-order valence-corrected chi connectivity index (χ3v) is 3.22. The number of fused-ring (bicyclic) bond motifs is 1. The largest absolute Gasteiger partial charge is 0.486 e. The molecular weight excluding hydrogens is 246 g/mol. The second-order valence-corrected chi connectivity index (χ2v) is 4.59. The van der Waals surface area contributed by atoms with Crippen LogP contribution in [0.25, 0.3) is 0 Å². The Hall–Kier alpha value is -1.75. The molecule has 1 aliphatic rings. The van der Waals surface area contributed by atoms with Crippen molar-refractivity contribution in [2.24, 2.45) is 0 Å². The van der Waals surface area contributed by atoms with Gasteiger partial charge in [0, 0.05) is 6.04 Å². The second-order valence-electron chi connectivity index (χ2n) is 4.59. The molecule has 0 radical (unpaired) electrons. The summed E-state index contributed by atoms with van der Waals surface area (Å²) in [7, 11) is 0. The van der Waals surface area contributed by atoms with Crippen LogP contribution in [0, 0.1) is 0 Å². The van der Waals surface area contributed by atoms with Gasteiger partial charge < -0.3 is 14.6 Å². The van der Waals surface area contributed by atoms with Gasteiger partial charge in [-0.2, -0.15) is 0 Å². The summed E-state index contributed by atoms with van der Waals surface area (Å²) in [6.45, 7) is 4.90. The molecule has 0 amide bonds. The molecule has 0 saturated heterocycles. The summed E-state index contributed by atoms with van der Waals surface area (Å²) in [6, 6.07) is 5.10. The van der Waals surface area contributed by atoms with E-state index >= 15 is 0 Å². The predicted molar refractivity (Wildman–Crippen MR) is 70.7 cm³/mol. The van der Waals surface area contributed by atoms with E-state index in [2.05, 4.69) is 5.32 Å². The molecule has 1 aliphatic heterocycles. The van der Waals surface area contributed by atoms with Crippen molar-refractivity contribution in [2.45, 2.75) is 32.4 Å². The molecule has 2 atom stereocenters. The summed E-state index contributed by atoms with van der Waals surface area (Å²) in [4.78, 5) is 11.0. The van der Waals surface area contributed by atoms with Crippen molar-refractivity contribution in [2.75, 3.05) is 13.2 Å². The van der Waals surface area contributed by atoms with E-state index in [0.717, 1.165) is 17.1 Å². The van der Waals surface area contributed by atoms with Gasteiger partial charge in [-0.15, -0.1) is 0 Å². The topological polar surface area (TPSA) is 67.8 Å². The summed E-state index contributed by atoms with van der Waals surface area (Å²) >= 11 is 0. The number of benzene rings is 1. The molecule has 19 heavy (non-hydrogen) atoms. The number of carboxylic acids is 1. The number of hydrogen-bond acceptors (Lipinski definition) is 4. The van der Waals surface area contributed by atoms with Crippen LogP contribution in [-0.2, 0) is 4.79 Å². The predicted octanol–water partition coefficient (Wildman–Crippen LogP) is 1.97. The number of rotatable bonds is 5. The SMILES string of the molecule is CCC(NC(C)c1ccc2c(c1)OCCO2)C(=O)O. The molecule has 0 saturated carbocycles. The van der Waals surface area contributed by atoms with Crippen molar-refractivity contribution in [3.8, 4) is 11.5 Å². The summed E-state index contributed by atoms with van der Waals surface area (Å²) in [5, 5.41) is 12.1. The summed E-state index contributed by atoms with van der Waals surface area (Å²) in [5.41, 5.74) is 0.990. The van der Waals surface area contributed by atoms with Gasteiger partial charge in [0.15, 0.2) is 11.5 Å². The maximum Gasteiger partial charge on any atom is 0.320 e. The van der Waals surface area contributed by atoms with Crippen molar-refractivity contribution in [3.05, 3.63) is 23.8 Å². The van der Waals surface area contributed by atoms with Crippen LogP contribution in [0.1, 0.15) is 31.9 Å². The molecule has 2 rings (SSSR count). The van der Waals surface area contributed by atoms with Gasteiger partial charge in [0.1, 0.15) is 19.3 Å². The van der Waals surface area contributed by atoms with Crippen LogP contribution < -0.4 is 14.8 Å². The van der Waals surface area contributed by atoms with Crippen molar-refractivity contribution in [1.29, 1.82) is 0 Å². The molecule has 0 fully saturated rings. The first-order valence-electron chi connectivity index (χ1n) is 6.50. The summed E-state index contributed by atoms with van der Waals surface area (Å²) in [6.07, 6.45) is 0.546. The molecular formula is C14H19NO4. The highest BCUT2D eigenvalue weighted by molar-refractivity contribution is 5.73. The van der Waals surface area contributed by atoms with Crippen molar-refractivity contribution >= 4 is 5.97 Å². The van der Waals surface area contributed by atoms with Crippen LogP contribution in [0.4, 0.5) is 0 Å². The van der Waals surface area contributed by atoms with Gasteiger partial charge in [-0.1, -0.05) is 13.0 Å². The Labute approximate surface area is 112 Å². The molecule has 5 nitrogen and oxygen atoms in total. The Morgan fingerprint density at radius 1 is 1.37 bits per heavy atom. The standard InChI is InChI=1S/C14H19NO4/c1-3-11(14(16)17)15-9(2)10-4-5-12-13(8-10)19-7-6-18-12/h4-5,8-9,11,15H,3,6-7H2,1-2H3,(H,16,17). The lowest BCUT2D eigenvalue weighted by Crippen LogP contribution is -2.37. The van der Waals surface area contributed by atoms with Gasteiger partial charge in [-0.05, 0) is 31.0 Å². The van der Waals surface area contributed by atoms with Gasteiger partial charge >= 0.3 is 5.97 Å². The lowest BCUT2D eigenvalue weighted by molar-refractivity contribution is -0.139. The smallest absolute Gasteiger partial charge is 0.320 e. The molecule has 0 spiro atoms. The van der Waals surface area contributed by atoms with E-state index < -0.39 is 12.0 Å². The Morgan fingerprint density at radius 3 is 2.68 bits per heavy atom. The van der Waals surface area contributed by atoms with E-state index in [1.54, 1.807) is 0 Å². The zero-order valence-corrected chi connectivity index (χ0v) is 11.2.